The van der Waals surface area contributed by atoms with Gasteiger partial charge in [-0.15, -0.1) is 0 Å². The van der Waals surface area contributed by atoms with Crippen LogP contribution in [0, 0.1) is 23.7 Å². The van der Waals surface area contributed by atoms with Crippen LogP contribution in [0.4, 0.5) is 0 Å². The molecule has 0 unspecified atom stereocenters. The van der Waals surface area contributed by atoms with E-state index in [4.69, 9.17) is 0 Å². The van der Waals surface area contributed by atoms with Crippen molar-refractivity contribution < 1.29 is 32.7 Å². The van der Waals surface area contributed by atoms with Crippen molar-refractivity contribution in [1.29, 1.82) is 0 Å². The van der Waals surface area contributed by atoms with Crippen LogP contribution in [0.1, 0.15) is 60.8 Å². The molecular formula is C13H27Y-. The van der Waals surface area contributed by atoms with Gasteiger partial charge in [0.1, 0.15) is 0 Å². The van der Waals surface area contributed by atoms with E-state index in [-0.39, 0.29) is 38.1 Å². The zero-order valence-corrected chi connectivity index (χ0v) is 13.8. The zero-order valence-electron chi connectivity index (χ0n) is 11.0. The Morgan fingerprint density at radius 1 is 1.14 bits per heavy atom. The molecule has 1 radical (unpaired) electrons. The molecule has 0 aliphatic carbocycles. The first kappa shape index (κ1) is 17.5. The van der Waals surface area contributed by atoms with E-state index in [0.717, 1.165) is 5.92 Å². The third-order valence-electron chi connectivity index (χ3n) is 2.76. The fourth-order valence-electron chi connectivity index (χ4n) is 2.34. The molecule has 0 fully saturated rings. The molecule has 14 heavy (non-hydrogen) atoms. The molecule has 0 saturated carbocycles. The Kier molecular flexibility index (Phi) is 8.29. The van der Waals surface area contributed by atoms with Crippen molar-refractivity contribution in [3.05, 3.63) is 6.92 Å². The van der Waals surface area contributed by atoms with Crippen LogP contribution in [0.5, 0.6) is 0 Å². The first-order chi connectivity index (χ1) is 5.68. The quantitative estimate of drug-likeness (QED) is 0.636. The molecule has 0 saturated heterocycles. The van der Waals surface area contributed by atoms with Gasteiger partial charge in [-0.2, -0.15) is 5.41 Å². The van der Waals surface area contributed by atoms with E-state index < -0.39 is 0 Å². The fraction of sp³-hybridized carbons (Fsp3) is 0.923. The smallest absolute Gasteiger partial charge is 0 e. The molecule has 0 aromatic heterocycles. The number of hydrogen-bond donors (Lipinski definition) is 0. The molecule has 0 spiro atoms. The molecule has 0 bridgehead atoms. The molecule has 0 heterocycles. The predicted molar refractivity (Wildman–Crippen MR) is 61.6 cm³/mol. The Labute approximate surface area is 117 Å². The number of rotatable bonds is 5. The molecule has 0 nitrogen and oxygen atoms in total. The Balaban J connectivity index is 0. The summed E-state index contributed by atoms with van der Waals surface area (Å²) in [5.41, 5.74) is 0.707. The van der Waals surface area contributed by atoms with Crippen LogP contribution in [-0.2, 0) is 32.7 Å². The topological polar surface area (TPSA) is 0 Å². The summed E-state index contributed by atoms with van der Waals surface area (Å²) in [6, 6.07) is 0. The van der Waals surface area contributed by atoms with Crippen LogP contribution in [0.25, 0.3) is 0 Å². The van der Waals surface area contributed by atoms with Gasteiger partial charge >= 0.3 is 0 Å². The van der Waals surface area contributed by atoms with Crippen LogP contribution < -0.4 is 0 Å². The Morgan fingerprint density at radius 2 is 1.57 bits per heavy atom. The van der Waals surface area contributed by atoms with Crippen LogP contribution in [-0.4, -0.2) is 0 Å². The van der Waals surface area contributed by atoms with Gasteiger partial charge < -0.3 is 6.92 Å². The molecule has 0 aromatic carbocycles. The van der Waals surface area contributed by atoms with Crippen molar-refractivity contribution in [2.45, 2.75) is 60.8 Å². The first-order valence-electron chi connectivity index (χ1n) is 5.54. The van der Waals surface area contributed by atoms with Crippen molar-refractivity contribution in [2.75, 3.05) is 0 Å². The standard InChI is InChI=1S/C13H27.Y/c1-8-12(4,5)10-13(6,7)9-11(2)3;/h11H,6,8-10H2,1-5,7H3;/q-1;/t13-;/m1./s1. The van der Waals surface area contributed by atoms with Gasteiger partial charge in [0.2, 0.25) is 0 Å². The van der Waals surface area contributed by atoms with Crippen molar-refractivity contribution in [3.63, 3.8) is 0 Å². The summed E-state index contributed by atoms with van der Waals surface area (Å²) in [4.78, 5) is 0. The van der Waals surface area contributed by atoms with Crippen molar-refractivity contribution in [1.82, 2.24) is 0 Å². The van der Waals surface area contributed by atoms with Crippen LogP contribution in [0.2, 0.25) is 0 Å². The summed E-state index contributed by atoms with van der Waals surface area (Å²) < 4.78 is 0. The summed E-state index contributed by atoms with van der Waals surface area (Å²) in [7, 11) is 0. The minimum absolute atomic E-state index is 0. The van der Waals surface area contributed by atoms with E-state index in [1.54, 1.807) is 0 Å². The largest absolute Gasteiger partial charge is 0.337 e. The predicted octanol–water partition coefficient (Wildman–Crippen LogP) is 4.70. The van der Waals surface area contributed by atoms with Crippen molar-refractivity contribution >= 4 is 0 Å². The average Bonchev–Trinajstić information content (AvgIpc) is 1.81. The molecule has 0 aliphatic rings. The maximum atomic E-state index is 4.34. The minimum atomic E-state index is 0. The second-order valence-corrected chi connectivity index (χ2v) is 6.10. The summed E-state index contributed by atoms with van der Waals surface area (Å²) in [5, 5.41) is 0. The first-order valence-corrected chi connectivity index (χ1v) is 5.54. The van der Waals surface area contributed by atoms with Gasteiger partial charge in [-0.05, 0) is 11.3 Å². The summed E-state index contributed by atoms with van der Waals surface area (Å²) >= 11 is 0. The monoisotopic (exact) mass is 272 g/mol. The molecule has 0 aromatic rings. The molecule has 0 rings (SSSR count). The van der Waals surface area contributed by atoms with Crippen LogP contribution in [0.15, 0.2) is 0 Å². The van der Waals surface area contributed by atoms with E-state index in [1.807, 2.05) is 0 Å². The van der Waals surface area contributed by atoms with Gasteiger partial charge in [0.05, 0.1) is 0 Å². The summed E-state index contributed by atoms with van der Waals surface area (Å²) in [5.74, 6) is 0.759. The second-order valence-electron chi connectivity index (χ2n) is 6.10. The second kappa shape index (κ2) is 6.64. The van der Waals surface area contributed by atoms with E-state index in [2.05, 4.69) is 48.5 Å². The number of hydrogen-bond acceptors (Lipinski definition) is 0. The van der Waals surface area contributed by atoms with Gasteiger partial charge in [0.15, 0.2) is 0 Å². The van der Waals surface area contributed by atoms with Crippen LogP contribution >= 0.6 is 0 Å². The molecule has 1 heteroatoms. The van der Waals surface area contributed by atoms with Gasteiger partial charge in [0.25, 0.3) is 0 Å². The van der Waals surface area contributed by atoms with Crippen LogP contribution in [0.3, 0.4) is 0 Å². The third kappa shape index (κ3) is 8.42. The van der Waals surface area contributed by atoms with Crippen molar-refractivity contribution in [3.8, 4) is 0 Å². The van der Waals surface area contributed by atoms with E-state index in [1.165, 1.54) is 19.3 Å². The van der Waals surface area contributed by atoms with E-state index >= 15 is 0 Å². The maximum absolute atomic E-state index is 4.34. The van der Waals surface area contributed by atoms with E-state index in [0.29, 0.717) is 5.41 Å². The Hall–Kier alpha value is 1.10. The maximum Gasteiger partial charge on any atom is 0 e. The Morgan fingerprint density at radius 3 is 1.86 bits per heavy atom. The normalized spacial score (nSPS) is 16.3. The van der Waals surface area contributed by atoms with Gasteiger partial charge in [0, 0.05) is 32.7 Å². The molecule has 83 valence electrons. The molecule has 1 atom stereocenters. The van der Waals surface area contributed by atoms with Gasteiger partial charge in [-0.3, -0.25) is 0 Å². The summed E-state index contributed by atoms with van der Waals surface area (Å²) in [6.07, 6.45) is 3.71. The average molecular weight is 272 g/mol. The Bertz CT molecular complexity index is 145. The molecule has 0 amide bonds. The van der Waals surface area contributed by atoms with Crippen molar-refractivity contribution in [2.24, 2.45) is 16.7 Å². The minimum Gasteiger partial charge on any atom is -0.337 e. The fourth-order valence-corrected chi connectivity index (χ4v) is 2.34. The zero-order chi connectivity index (χ0) is 10.7. The third-order valence-corrected chi connectivity index (χ3v) is 2.76. The molecule has 0 aliphatic heterocycles. The molecule has 0 N–H and O–H groups in total. The summed E-state index contributed by atoms with van der Waals surface area (Å²) in [6.45, 7) is 18.2. The van der Waals surface area contributed by atoms with Gasteiger partial charge in [-0.25, -0.2) is 0 Å². The molecular weight excluding hydrogens is 245 g/mol. The van der Waals surface area contributed by atoms with Gasteiger partial charge in [-0.1, -0.05) is 60.8 Å². The van der Waals surface area contributed by atoms with E-state index in [9.17, 15) is 0 Å². The SMILES string of the molecule is [CH2-][C@@](C)(CC(C)C)CC(C)(C)CC.[Y].